The van der Waals surface area contributed by atoms with E-state index in [0.29, 0.717) is 17.9 Å². The molecule has 0 aromatic rings. The van der Waals surface area contributed by atoms with E-state index in [1.807, 2.05) is 0 Å². The minimum Gasteiger partial charge on any atom is -0.313 e. The molecule has 0 radical (unpaired) electrons. The molecular formula is C13H28N2O2S. The molecule has 0 aromatic carbocycles. The maximum absolute atomic E-state index is 11.6. The Hall–Kier alpha value is -0.130. The van der Waals surface area contributed by atoms with Gasteiger partial charge in [-0.05, 0) is 31.2 Å². The van der Waals surface area contributed by atoms with Crippen LogP contribution < -0.4 is 5.32 Å². The number of nitrogens with zero attached hydrogens (tertiary/aromatic N) is 1. The van der Waals surface area contributed by atoms with Crippen molar-refractivity contribution in [1.29, 1.82) is 0 Å². The average Bonchev–Trinajstić information content (AvgIpc) is 2.25. The Bertz CT molecular complexity index is 350. The molecular weight excluding hydrogens is 248 g/mol. The minimum atomic E-state index is -3.04. The molecule has 1 saturated carbocycles. The van der Waals surface area contributed by atoms with Crippen LogP contribution >= 0.6 is 0 Å². The highest BCUT2D eigenvalue weighted by atomic mass is 32.2. The van der Waals surface area contributed by atoms with Gasteiger partial charge in [0, 0.05) is 20.1 Å². The van der Waals surface area contributed by atoms with Crippen LogP contribution in [0.4, 0.5) is 0 Å². The van der Waals surface area contributed by atoms with E-state index in [-0.39, 0.29) is 5.75 Å². The van der Waals surface area contributed by atoms with E-state index in [1.54, 1.807) is 14.1 Å². The van der Waals surface area contributed by atoms with Gasteiger partial charge in [-0.15, -0.1) is 0 Å². The third kappa shape index (κ3) is 4.52. The number of hydrogen-bond acceptors (Lipinski definition) is 3. The van der Waals surface area contributed by atoms with Crippen molar-refractivity contribution in [2.75, 3.05) is 26.4 Å². The second kappa shape index (κ2) is 6.35. The van der Waals surface area contributed by atoms with Crippen molar-refractivity contribution in [2.45, 2.75) is 52.0 Å². The number of sulfonamides is 1. The minimum absolute atomic E-state index is 0.236. The molecule has 108 valence electrons. The average molecular weight is 276 g/mol. The summed E-state index contributed by atoms with van der Waals surface area (Å²) in [5.74, 6) is 0.236. The summed E-state index contributed by atoms with van der Waals surface area (Å²) < 4.78 is 24.5. The number of hydrogen-bond donors (Lipinski definition) is 1. The Kier molecular flexibility index (Phi) is 5.62. The first-order valence-corrected chi connectivity index (χ1v) is 8.50. The van der Waals surface area contributed by atoms with Gasteiger partial charge in [-0.3, -0.25) is 0 Å². The highest BCUT2D eigenvalue weighted by Crippen LogP contribution is 2.35. The van der Waals surface area contributed by atoms with E-state index in [1.165, 1.54) is 30.0 Å². The van der Waals surface area contributed by atoms with Gasteiger partial charge < -0.3 is 5.32 Å². The molecule has 1 unspecified atom stereocenters. The van der Waals surface area contributed by atoms with Crippen LogP contribution in [0.5, 0.6) is 0 Å². The van der Waals surface area contributed by atoms with E-state index < -0.39 is 10.0 Å². The largest absolute Gasteiger partial charge is 0.313 e. The van der Waals surface area contributed by atoms with Gasteiger partial charge in [0.2, 0.25) is 10.0 Å². The second-order valence-corrected chi connectivity index (χ2v) is 8.50. The third-order valence-corrected chi connectivity index (χ3v) is 5.95. The molecule has 0 spiro atoms. The van der Waals surface area contributed by atoms with Crippen molar-refractivity contribution in [2.24, 2.45) is 5.41 Å². The smallest absolute Gasteiger partial charge is 0.213 e. The van der Waals surface area contributed by atoms with Gasteiger partial charge in [-0.25, -0.2) is 12.7 Å². The van der Waals surface area contributed by atoms with Gasteiger partial charge in [-0.2, -0.15) is 0 Å². The van der Waals surface area contributed by atoms with Crippen LogP contribution in [0.2, 0.25) is 0 Å². The first-order valence-electron chi connectivity index (χ1n) is 6.89. The highest BCUT2D eigenvalue weighted by Gasteiger charge is 2.31. The summed E-state index contributed by atoms with van der Waals surface area (Å²) in [6.45, 7) is 5.40. The van der Waals surface area contributed by atoms with Gasteiger partial charge >= 0.3 is 0 Å². The van der Waals surface area contributed by atoms with Gasteiger partial charge in [-0.1, -0.05) is 26.7 Å². The molecule has 1 N–H and O–H groups in total. The molecule has 0 aromatic heterocycles. The normalized spacial score (nSPS) is 24.4. The molecule has 0 bridgehead atoms. The lowest BCUT2D eigenvalue weighted by Gasteiger charge is -2.39. The van der Waals surface area contributed by atoms with Gasteiger partial charge in [0.1, 0.15) is 0 Å². The fourth-order valence-corrected chi connectivity index (χ4v) is 3.46. The lowest BCUT2D eigenvalue weighted by atomic mass is 9.73. The summed E-state index contributed by atoms with van der Waals surface area (Å²) in [6.07, 6.45) is 5.78. The predicted molar refractivity (Wildman–Crippen MR) is 76.1 cm³/mol. The predicted octanol–water partition coefficient (Wildman–Crippen LogP) is 1.83. The Morgan fingerprint density at radius 3 is 2.50 bits per heavy atom. The molecule has 1 rings (SSSR count). The summed E-state index contributed by atoms with van der Waals surface area (Å²) in [7, 11) is 0.144. The van der Waals surface area contributed by atoms with Crippen molar-refractivity contribution < 1.29 is 8.42 Å². The molecule has 5 heteroatoms. The number of nitrogens with one attached hydrogen (secondary N) is 1. The van der Waals surface area contributed by atoms with Crippen LogP contribution in [0, 0.1) is 5.41 Å². The Balaban J connectivity index is 2.30. The summed E-state index contributed by atoms with van der Waals surface area (Å²) in [5, 5.41) is 3.54. The van der Waals surface area contributed by atoms with Crippen LogP contribution in [0.1, 0.15) is 46.0 Å². The van der Waals surface area contributed by atoms with Crippen LogP contribution in [-0.4, -0.2) is 45.2 Å². The van der Waals surface area contributed by atoms with Crippen molar-refractivity contribution >= 4 is 10.0 Å². The first-order chi connectivity index (χ1) is 8.26. The van der Waals surface area contributed by atoms with E-state index in [9.17, 15) is 8.42 Å². The number of rotatable bonds is 6. The summed E-state index contributed by atoms with van der Waals surface area (Å²) in [6, 6.07) is 0.535. The topological polar surface area (TPSA) is 49.4 Å². The molecule has 0 heterocycles. The molecule has 1 fully saturated rings. The highest BCUT2D eigenvalue weighted by molar-refractivity contribution is 7.89. The van der Waals surface area contributed by atoms with Crippen LogP contribution in [-0.2, 0) is 10.0 Å². The van der Waals surface area contributed by atoms with Crippen LogP contribution in [0.3, 0.4) is 0 Å². The van der Waals surface area contributed by atoms with E-state index >= 15 is 0 Å². The first kappa shape index (κ1) is 15.9. The lowest BCUT2D eigenvalue weighted by molar-refractivity contribution is 0.168. The van der Waals surface area contributed by atoms with E-state index in [0.717, 1.165) is 6.54 Å². The second-order valence-electron chi connectivity index (χ2n) is 6.19. The van der Waals surface area contributed by atoms with Gasteiger partial charge in [0.15, 0.2) is 0 Å². The van der Waals surface area contributed by atoms with Crippen LogP contribution in [0.25, 0.3) is 0 Å². The Labute approximate surface area is 112 Å². The van der Waals surface area contributed by atoms with Crippen molar-refractivity contribution in [3.63, 3.8) is 0 Å². The Morgan fingerprint density at radius 2 is 1.94 bits per heavy atom. The summed E-state index contributed by atoms with van der Waals surface area (Å²) in [4.78, 5) is 0. The maximum atomic E-state index is 11.6. The molecule has 0 amide bonds. The molecule has 0 aliphatic heterocycles. The molecule has 1 atom stereocenters. The van der Waals surface area contributed by atoms with Crippen molar-refractivity contribution in [1.82, 2.24) is 9.62 Å². The zero-order chi connectivity index (χ0) is 13.8. The molecule has 0 saturated heterocycles. The summed E-state index contributed by atoms with van der Waals surface area (Å²) >= 11 is 0. The van der Waals surface area contributed by atoms with E-state index in [4.69, 9.17) is 0 Å². The standard InChI is InChI=1S/C13H28N2O2S/c1-13(2)9-6-5-8-12(13)14-10-7-11-18(16,17)15(3)4/h12,14H,5-11H2,1-4H3. The zero-order valence-electron chi connectivity index (χ0n) is 12.2. The van der Waals surface area contributed by atoms with Crippen molar-refractivity contribution in [3.05, 3.63) is 0 Å². The molecule has 1 aliphatic rings. The lowest BCUT2D eigenvalue weighted by Crippen LogP contribution is -2.44. The van der Waals surface area contributed by atoms with Crippen LogP contribution in [0.15, 0.2) is 0 Å². The Morgan fingerprint density at radius 1 is 1.28 bits per heavy atom. The van der Waals surface area contributed by atoms with Gasteiger partial charge in [0.25, 0.3) is 0 Å². The fraction of sp³-hybridized carbons (Fsp3) is 1.00. The quantitative estimate of drug-likeness (QED) is 0.753. The summed E-state index contributed by atoms with van der Waals surface area (Å²) in [5.41, 5.74) is 0.346. The third-order valence-electron chi connectivity index (χ3n) is 4.03. The molecule has 1 aliphatic carbocycles. The van der Waals surface area contributed by atoms with E-state index in [2.05, 4.69) is 19.2 Å². The monoisotopic (exact) mass is 276 g/mol. The fourth-order valence-electron chi connectivity index (χ4n) is 2.59. The van der Waals surface area contributed by atoms with Gasteiger partial charge in [0.05, 0.1) is 5.75 Å². The molecule has 4 nitrogen and oxygen atoms in total. The zero-order valence-corrected chi connectivity index (χ0v) is 13.0. The van der Waals surface area contributed by atoms with Crippen molar-refractivity contribution in [3.8, 4) is 0 Å². The molecule has 18 heavy (non-hydrogen) atoms. The maximum Gasteiger partial charge on any atom is 0.213 e. The SMILES string of the molecule is CN(C)S(=O)(=O)CCCNC1CCCCC1(C)C.